The predicted octanol–water partition coefficient (Wildman–Crippen LogP) is 10.7. The Bertz CT molecular complexity index is 471. The van der Waals surface area contributed by atoms with E-state index in [1.807, 2.05) is 0 Å². The topological polar surface area (TPSA) is 74.6 Å². The first kappa shape index (κ1) is 40.5. The van der Waals surface area contributed by atoms with Gasteiger partial charge in [0.1, 0.15) is 0 Å². The van der Waals surface area contributed by atoms with E-state index >= 15 is 0 Å². The third-order valence-electron chi connectivity index (χ3n) is 6.30. The number of carboxylic acids is 2. The molecule has 0 amide bonds. The van der Waals surface area contributed by atoms with Crippen LogP contribution in [0.5, 0.6) is 0 Å². The fraction of sp³-hybridized carbons (Fsp3) is 0.812. The Labute approximate surface area is 242 Å². The van der Waals surface area contributed by atoms with Crippen LogP contribution in [0.15, 0.2) is 24.3 Å². The first-order valence-electron chi connectivity index (χ1n) is 15.3. The van der Waals surface area contributed by atoms with Crippen LogP contribution < -0.4 is 0 Å². The second-order valence-corrected chi connectivity index (χ2v) is 10.0. The molecule has 0 aromatic rings. The molecular formula is C32H60O4Zn. The summed E-state index contributed by atoms with van der Waals surface area (Å²) in [6.07, 6.45) is 36.7. The van der Waals surface area contributed by atoms with Crippen molar-refractivity contribution >= 4 is 11.9 Å². The maximum absolute atomic E-state index is 10.3. The van der Waals surface area contributed by atoms with Gasteiger partial charge in [0.2, 0.25) is 0 Å². The van der Waals surface area contributed by atoms with E-state index in [4.69, 9.17) is 10.2 Å². The van der Waals surface area contributed by atoms with Crippen molar-refractivity contribution in [1.82, 2.24) is 0 Å². The summed E-state index contributed by atoms with van der Waals surface area (Å²) in [6, 6.07) is 0. The van der Waals surface area contributed by atoms with E-state index in [2.05, 4.69) is 38.2 Å². The van der Waals surface area contributed by atoms with Crippen LogP contribution in [-0.4, -0.2) is 22.2 Å². The summed E-state index contributed by atoms with van der Waals surface area (Å²) >= 11 is 0. The minimum absolute atomic E-state index is 0. The minimum atomic E-state index is -0.673. The van der Waals surface area contributed by atoms with Crippen molar-refractivity contribution in [3.8, 4) is 0 Å². The van der Waals surface area contributed by atoms with Crippen molar-refractivity contribution in [1.29, 1.82) is 0 Å². The summed E-state index contributed by atoms with van der Waals surface area (Å²) in [5.41, 5.74) is 0. The Kier molecular flexibility index (Phi) is 40.8. The van der Waals surface area contributed by atoms with Crippen molar-refractivity contribution in [2.75, 3.05) is 0 Å². The van der Waals surface area contributed by atoms with Crippen LogP contribution in [0, 0.1) is 0 Å². The Morgan fingerprint density at radius 1 is 0.432 bits per heavy atom. The third-order valence-corrected chi connectivity index (χ3v) is 6.30. The zero-order valence-corrected chi connectivity index (χ0v) is 27.7. The summed E-state index contributed by atoms with van der Waals surface area (Å²) in [4.78, 5) is 20.6. The third kappa shape index (κ3) is 45.4. The van der Waals surface area contributed by atoms with Crippen molar-refractivity contribution in [2.45, 2.75) is 168 Å². The molecule has 0 bridgehead atoms. The number of carboxylic acid groups (broad SMARTS) is 2. The van der Waals surface area contributed by atoms with E-state index in [0.717, 1.165) is 51.4 Å². The molecule has 0 aliphatic carbocycles. The van der Waals surface area contributed by atoms with Gasteiger partial charge in [-0.05, 0) is 64.2 Å². The normalized spacial score (nSPS) is 10.9. The van der Waals surface area contributed by atoms with Crippen molar-refractivity contribution < 1.29 is 39.3 Å². The average Bonchev–Trinajstić information content (AvgIpc) is 2.85. The zero-order chi connectivity index (χ0) is 27.0. The van der Waals surface area contributed by atoms with Crippen molar-refractivity contribution in [3.05, 3.63) is 24.3 Å². The van der Waals surface area contributed by atoms with Gasteiger partial charge in [0.05, 0.1) is 0 Å². The number of rotatable bonds is 26. The molecule has 0 rings (SSSR count). The van der Waals surface area contributed by atoms with Gasteiger partial charge in [-0.25, -0.2) is 0 Å². The van der Waals surface area contributed by atoms with E-state index in [9.17, 15) is 9.59 Å². The molecule has 4 nitrogen and oxygen atoms in total. The summed E-state index contributed by atoms with van der Waals surface area (Å²) < 4.78 is 0. The fourth-order valence-corrected chi connectivity index (χ4v) is 3.99. The van der Waals surface area contributed by atoms with Crippen molar-refractivity contribution in [3.63, 3.8) is 0 Å². The van der Waals surface area contributed by atoms with E-state index in [1.165, 1.54) is 89.9 Å². The number of unbranched alkanes of at least 4 members (excludes halogenated alkanes) is 18. The molecule has 0 aliphatic rings. The second-order valence-electron chi connectivity index (χ2n) is 10.0. The molecular weight excluding hydrogens is 514 g/mol. The molecule has 0 radical (unpaired) electrons. The standard InChI is InChI=1S/2C16H30O2.Zn/c2*1-2-3-4-5-6-7-8-9-10-11-12-13-14-15-16(17)18;/h2*9-10H,2-8,11-15H2,1H3,(H,17,18);. The van der Waals surface area contributed by atoms with Crippen LogP contribution in [0.1, 0.15) is 168 Å². The molecule has 0 saturated carbocycles. The number of carbonyl (C=O) groups is 2. The molecule has 0 saturated heterocycles. The van der Waals surface area contributed by atoms with E-state index < -0.39 is 11.9 Å². The van der Waals surface area contributed by atoms with Crippen LogP contribution in [0.25, 0.3) is 0 Å². The molecule has 0 aromatic heterocycles. The minimum Gasteiger partial charge on any atom is -0.481 e. The molecule has 0 fully saturated rings. The zero-order valence-electron chi connectivity index (χ0n) is 24.7. The summed E-state index contributed by atoms with van der Waals surface area (Å²) in [5.74, 6) is -1.35. The monoisotopic (exact) mass is 572 g/mol. The maximum Gasteiger partial charge on any atom is 0.303 e. The second kappa shape index (κ2) is 37.2. The van der Waals surface area contributed by atoms with Gasteiger partial charge in [-0.2, -0.15) is 0 Å². The first-order valence-corrected chi connectivity index (χ1v) is 15.3. The first-order chi connectivity index (χ1) is 17.5. The van der Waals surface area contributed by atoms with Gasteiger partial charge in [0, 0.05) is 32.3 Å². The fourth-order valence-electron chi connectivity index (χ4n) is 3.99. The SMILES string of the molecule is CCCCCCCCC=CCCCCCC(=O)O.CCCCCCCCC=CCCCCCC(=O)O.[Zn]. The van der Waals surface area contributed by atoms with Crippen LogP contribution in [-0.2, 0) is 29.1 Å². The number of hydrogen-bond acceptors (Lipinski definition) is 2. The molecule has 0 aliphatic heterocycles. The van der Waals surface area contributed by atoms with Gasteiger partial charge in [0.25, 0.3) is 0 Å². The Morgan fingerprint density at radius 3 is 0.946 bits per heavy atom. The Balaban J connectivity index is -0.000000608. The van der Waals surface area contributed by atoms with Gasteiger partial charge in [-0.3, -0.25) is 9.59 Å². The predicted molar refractivity (Wildman–Crippen MR) is 156 cm³/mol. The van der Waals surface area contributed by atoms with Gasteiger partial charge in [-0.1, -0.05) is 115 Å². The summed E-state index contributed by atoms with van der Waals surface area (Å²) in [7, 11) is 0. The number of hydrogen-bond donors (Lipinski definition) is 2. The summed E-state index contributed by atoms with van der Waals surface area (Å²) in [6.45, 7) is 4.50. The molecule has 0 heterocycles. The van der Waals surface area contributed by atoms with Crippen LogP contribution in [0.2, 0.25) is 0 Å². The number of allylic oxidation sites excluding steroid dienone is 4. The van der Waals surface area contributed by atoms with Gasteiger partial charge in [0.15, 0.2) is 0 Å². The molecule has 0 atom stereocenters. The van der Waals surface area contributed by atoms with Gasteiger partial charge >= 0.3 is 11.9 Å². The van der Waals surface area contributed by atoms with Gasteiger partial charge in [-0.15, -0.1) is 0 Å². The quantitative estimate of drug-likeness (QED) is 0.0613. The molecule has 2 N–H and O–H groups in total. The number of aliphatic carboxylic acids is 2. The molecule has 5 heteroatoms. The van der Waals surface area contributed by atoms with E-state index in [0.29, 0.717) is 12.8 Å². The molecule has 0 spiro atoms. The molecule has 0 aromatic carbocycles. The maximum atomic E-state index is 10.3. The smallest absolute Gasteiger partial charge is 0.303 e. The Hall–Kier alpha value is -0.957. The largest absolute Gasteiger partial charge is 0.481 e. The van der Waals surface area contributed by atoms with Crippen LogP contribution >= 0.6 is 0 Å². The van der Waals surface area contributed by atoms with Crippen LogP contribution in [0.3, 0.4) is 0 Å². The van der Waals surface area contributed by atoms with Crippen molar-refractivity contribution in [2.24, 2.45) is 0 Å². The summed E-state index contributed by atoms with van der Waals surface area (Å²) in [5, 5.41) is 17.0. The van der Waals surface area contributed by atoms with Gasteiger partial charge < -0.3 is 10.2 Å². The molecule has 0 unspecified atom stereocenters. The Morgan fingerprint density at radius 2 is 0.676 bits per heavy atom. The van der Waals surface area contributed by atoms with E-state index in [-0.39, 0.29) is 19.5 Å². The molecule has 37 heavy (non-hydrogen) atoms. The molecule has 214 valence electrons. The van der Waals surface area contributed by atoms with Crippen LogP contribution in [0.4, 0.5) is 0 Å². The average molecular weight is 574 g/mol. The van der Waals surface area contributed by atoms with E-state index in [1.54, 1.807) is 0 Å².